The summed E-state index contributed by atoms with van der Waals surface area (Å²) in [6, 6.07) is 16.2. The molecule has 0 radical (unpaired) electrons. The fourth-order valence-electron chi connectivity index (χ4n) is 2.91. The smallest absolute Gasteiger partial charge is 0.239 e. The zero-order valence-electron chi connectivity index (χ0n) is 15.3. The number of pyridine rings is 1. The lowest BCUT2D eigenvalue weighted by atomic mass is 10.1. The molecule has 136 valence electrons. The number of carbonyl (C=O) groups excluding carboxylic acids is 1. The predicted molar refractivity (Wildman–Crippen MR) is 115 cm³/mol. The number of thiazole rings is 1. The van der Waals surface area contributed by atoms with Crippen molar-refractivity contribution in [2.75, 3.05) is 5.32 Å². The fraction of sp³-hybridized carbons (Fsp3) is 0.190. The molecule has 2 aromatic carbocycles. The third kappa shape index (κ3) is 3.82. The number of para-hydroxylation sites is 1. The molecular formula is C21H19N3OS2. The second-order valence-electron chi connectivity index (χ2n) is 6.53. The molecule has 4 nitrogen and oxygen atoms in total. The minimum absolute atomic E-state index is 0.0663. The molecular weight excluding hydrogens is 374 g/mol. The Balaban J connectivity index is 1.50. The Morgan fingerprint density at radius 1 is 1.07 bits per heavy atom. The third-order valence-electron chi connectivity index (χ3n) is 4.34. The van der Waals surface area contributed by atoms with Crippen LogP contribution in [0.5, 0.6) is 0 Å². The summed E-state index contributed by atoms with van der Waals surface area (Å²) in [5.74, 6) is -0.0663. The highest BCUT2D eigenvalue weighted by atomic mass is 32.2. The summed E-state index contributed by atoms with van der Waals surface area (Å²) in [5, 5.41) is 5.30. The van der Waals surface area contributed by atoms with Gasteiger partial charge < -0.3 is 5.32 Å². The topological polar surface area (TPSA) is 54.9 Å². The molecule has 0 spiro atoms. The van der Waals surface area contributed by atoms with Crippen LogP contribution in [0.25, 0.3) is 21.1 Å². The van der Waals surface area contributed by atoms with Crippen LogP contribution in [-0.2, 0) is 4.79 Å². The van der Waals surface area contributed by atoms with Crippen molar-refractivity contribution in [3.8, 4) is 0 Å². The molecule has 1 unspecified atom stereocenters. The maximum Gasteiger partial charge on any atom is 0.239 e. The van der Waals surface area contributed by atoms with E-state index >= 15 is 0 Å². The number of thioether (sulfide) groups is 1. The van der Waals surface area contributed by atoms with E-state index in [1.165, 1.54) is 28.7 Å². The molecule has 1 amide bonds. The van der Waals surface area contributed by atoms with Gasteiger partial charge in [0.2, 0.25) is 5.91 Å². The van der Waals surface area contributed by atoms with Gasteiger partial charge in [-0.15, -0.1) is 0 Å². The number of nitrogens with zero attached hydrogens (tertiary/aromatic N) is 2. The third-order valence-corrected chi connectivity index (χ3v) is 6.29. The first-order valence-corrected chi connectivity index (χ1v) is 10.4. The van der Waals surface area contributed by atoms with Gasteiger partial charge in [0.1, 0.15) is 0 Å². The number of benzene rings is 2. The molecule has 0 saturated heterocycles. The van der Waals surface area contributed by atoms with Gasteiger partial charge >= 0.3 is 0 Å². The highest BCUT2D eigenvalue weighted by Crippen LogP contribution is 2.29. The van der Waals surface area contributed by atoms with Crippen molar-refractivity contribution in [3.05, 3.63) is 59.7 Å². The minimum atomic E-state index is -0.271. The normalized spacial score (nSPS) is 12.4. The Morgan fingerprint density at radius 3 is 2.74 bits per heavy atom. The first-order valence-electron chi connectivity index (χ1n) is 8.71. The van der Waals surface area contributed by atoms with Crippen molar-refractivity contribution in [2.24, 2.45) is 0 Å². The van der Waals surface area contributed by atoms with Crippen LogP contribution in [0.4, 0.5) is 5.13 Å². The van der Waals surface area contributed by atoms with Crippen molar-refractivity contribution in [2.45, 2.75) is 31.0 Å². The molecule has 0 aliphatic carbocycles. The number of hydrogen-bond donors (Lipinski definition) is 1. The molecule has 0 aliphatic rings. The first kappa shape index (κ1) is 17.9. The molecule has 4 aromatic rings. The zero-order chi connectivity index (χ0) is 19.0. The second kappa shape index (κ2) is 7.29. The highest BCUT2D eigenvalue weighted by Gasteiger charge is 2.18. The number of aryl methyl sites for hydroxylation is 2. The van der Waals surface area contributed by atoms with E-state index in [1.807, 2.05) is 43.3 Å². The number of anilines is 1. The van der Waals surface area contributed by atoms with E-state index in [-0.39, 0.29) is 11.2 Å². The van der Waals surface area contributed by atoms with Crippen molar-refractivity contribution < 1.29 is 4.79 Å². The molecule has 1 atom stereocenters. The lowest BCUT2D eigenvalue weighted by molar-refractivity contribution is -0.115. The maximum absolute atomic E-state index is 12.6. The molecule has 0 aliphatic heterocycles. The summed E-state index contributed by atoms with van der Waals surface area (Å²) in [4.78, 5) is 21.8. The van der Waals surface area contributed by atoms with Crippen molar-refractivity contribution >= 4 is 55.3 Å². The van der Waals surface area contributed by atoms with Crippen LogP contribution in [0.15, 0.2) is 53.6 Å². The number of carbonyl (C=O) groups is 1. The average Bonchev–Trinajstić information content (AvgIpc) is 3.03. The van der Waals surface area contributed by atoms with Crippen LogP contribution >= 0.6 is 23.1 Å². The lowest BCUT2D eigenvalue weighted by Crippen LogP contribution is -2.22. The molecule has 4 rings (SSSR count). The maximum atomic E-state index is 12.6. The van der Waals surface area contributed by atoms with Gasteiger partial charge in [-0.3, -0.25) is 4.79 Å². The van der Waals surface area contributed by atoms with E-state index < -0.39 is 0 Å². The molecule has 6 heteroatoms. The highest BCUT2D eigenvalue weighted by molar-refractivity contribution is 8.00. The van der Waals surface area contributed by atoms with Gasteiger partial charge in [-0.1, -0.05) is 47.4 Å². The molecule has 0 fully saturated rings. The van der Waals surface area contributed by atoms with Crippen LogP contribution < -0.4 is 5.32 Å². The largest absolute Gasteiger partial charge is 0.301 e. The Bertz CT molecular complexity index is 1150. The quantitative estimate of drug-likeness (QED) is 0.460. The Kier molecular flexibility index (Phi) is 4.85. The van der Waals surface area contributed by atoms with Crippen molar-refractivity contribution in [1.82, 2.24) is 9.97 Å². The summed E-state index contributed by atoms with van der Waals surface area (Å²) in [6.45, 7) is 6.01. The number of aromatic nitrogens is 2. The lowest BCUT2D eigenvalue weighted by Gasteiger charge is -2.11. The van der Waals surface area contributed by atoms with E-state index in [1.54, 1.807) is 0 Å². The predicted octanol–water partition coefficient (Wildman–Crippen LogP) is 5.58. The molecule has 27 heavy (non-hydrogen) atoms. The minimum Gasteiger partial charge on any atom is -0.301 e. The molecule has 0 bridgehead atoms. The van der Waals surface area contributed by atoms with E-state index in [4.69, 9.17) is 0 Å². The van der Waals surface area contributed by atoms with Crippen molar-refractivity contribution in [3.63, 3.8) is 0 Å². The Hall–Kier alpha value is -2.44. The monoisotopic (exact) mass is 393 g/mol. The van der Waals surface area contributed by atoms with E-state index in [2.05, 4.69) is 41.3 Å². The van der Waals surface area contributed by atoms with Gasteiger partial charge in [-0.05, 0) is 56.2 Å². The number of fused-ring (bicyclic) bond motifs is 2. The molecule has 2 heterocycles. The van der Waals surface area contributed by atoms with E-state index in [9.17, 15) is 4.79 Å². The van der Waals surface area contributed by atoms with Gasteiger partial charge in [-0.2, -0.15) is 0 Å². The van der Waals surface area contributed by atoms with E-state index in [0.717, 1.165) is 31.7 Å². The number of hydrogen-bond acceptors (Lipinski definition) is 5. The van der Waals surface area contributed by atoms with Crippen LogP contribution in [0, 0.1) is 13.8 Å². The molecule has 0 saturated carbocycles. The van der Waals surface area contributed by atoms with Gasteiger partial charge in [0.05, 0.1) is 26.0 Å². The Morgan fingerprint density at radius 2 is 1.89 bits per heavy atom. The van der Waals surface area contributed by atoms with E-state index in [0.29, 0.717) is 5.13 Å². The van der Waals surface area contributed by atoms with Crippen LogP contribution in [0.2, 0.25) is 0 Å². The summed E-state index contributed by atoms with van der Waals surface area (Å²) in [6.07, 6.45) is 0. The van der Waals surface area contributed by atoms with Gasteiger partial charge in [-0.25, -0.2) is 9.97 Å². The van der Waals surface area contributed by atoms with Gasteiger partial charge in [0.15, 0.2) is 5.13 Å². The first-order chi connectivity index (χ1) is 13.0. The fourth-order valence-corrected chi connectivity index (χ4v) is 4.80. The summed E-state index contributed by atoms with van der Waals surface area (Å²) in [5.41, 5.74) is 4.21. The van der Waals surface area contributed by atoms with Gasteiger partial charge in [0, 0.05) is 5.39 Å². The number of amides is 1. The van der Waals surface area contributed by atoms with Gasteiger partial charge in [0.25, 0.3) is 0 Å². The number of nitrogens with one attached hydrogen (secondary N) is 1. The summed E-state index contributed by atoms with van der Waals surface area (Å²) < 4.78 is 1.08. The SMILES string of the molecule is Cc1ccc2nc(NC(=O)C(C)Sc3cc(C)c4ccccc4n3)sc2c1. The molecule has 1 N–H and O–H groups in total. The summed E-state index contributed by atoms with van der Waals surface area (Å²) >= 11 is 2.96. The zero-order valence-corrected chi connectivity index (χ0v) is 16.9. The molecule has 2 aromatic heterocycles. The average molecular weight is 394 g/mol. The van der Waals surface area contributed by atoms with Crippen molar-refractivity contribution in [1.29, 1.82) is 0 Å². The number of rotatable bonds is 4. The summed E-state index contributed by atoms with van der Waals surface area (Å²) in [7, 11) is 0. The van der Waals surface area contributed by atoms with Crippen LogP contribution in [-0.4, -0.2) is 21.1 Å². The second-order valence-corrected chi connectivity index (χ2v) is 8.93. The van der Waals surface area contributed by atoms with Crippen LogP contribution in [0.1, 0.15) is 18.1 Å². The van der Waals surface area contributed by atoms with Crippen LogP contribution in [0.3, 0.4) is 0 Å². The standard InChI is InChI=1S/C21H19N3OS2/c1-12-8-9-17-18(10-12)27-21(23-17)24-20(25)14(3)26-19-11-13(2)15-6-4-5-7-16(15)22-19/h4-11,14H,1-3H3,(H,23,24,25). The Labute approximate surface area is 166 Å².